The highest BCUT2D eigenvalue weighted by atomic mass is 35.5. The first kappa shape index (κ1) is 17.8. The Labute approximate surface area is 156 Å². The average Bonchev–Trinajstić information content (AvgIpc) is 2.92. The van der Waals surface area contributed by atoms with Crippen LogP contribution < -0.4 is 19.7 Å². The van der Waals surface area contributed by atoms with Crippen molar-refractivity contribution in [2.24, 2.45) is 0 Å². The van der Waals surface area contributed by atoms with Crippen LogP contribution >= 0.6 is 11.6 Å². The van der Waals surface area contributed by atoms with Crippen LogP contribution in [0, 0.1) is 0 Å². The average molecular weight is 373 g/mol. The summed E-state index contributed by atoms with van der Waals surface area (Å²) in [5.41, 5.74) is 1.16. The Bertz CT molecular complexity index is 881. The third-order valence-electron chi connectivity index (χ3n) is 3.78. The molecule has 1 fully saturated rings. The molecule has 0 radical (unpaired) electrons. The minimum absolute atomic E-state index is 0.133. The van der Waals surface area contributed by atoms with Crippen LogP contribution in [-0.2, 0) is 4.79 Å². The van der Waals surface area contributed by atoms with Crippen LogP contribution in [-0.4, -0.2) is 25.7 Å². The summed E-state index contributed by atoms with van der Waals surface area (Å²) in [5, 5.41) is 2.95. The van der Waals surface area contributed by atoms with Gasteiger partial charge in [-0.25, -0.2) is 9.69 Å². The third-order valence-corrected chi connectivity index (χ3v) is 4.10. The molecule has 2 aromatic rings. The van der Waals surface area contributed by atoms with E-state index in [-0.39, 0.29) is 5.70 Å². The van der Waals surface area contributed by atoms with Crippen molar-refractivity contribution in [2.45, 2.75) is 6.92 Å². The van der Waals surface area contributed by atoms with Crippen molar-refractivity contribution >= 4 is 35.3 Å². The minimum atomic E-state index is -0.512. The van der Waals surface area contributed by atoms with E-state index < -0.39 is 11.9 Å². The number of ether oxygens (including phenoxy) is 2. The summed E-state index contributed by atoms with van der Waals surface area (Å²) in [4.78, 5) is 25.9. The van der Waals surface area contributed by atoms with E-state index in [2.05, 4.69) is 5.32 Å². The van der Waals surface area contributed by atoms with Gasteiger partial charge in [-0.2, -0.15) is 0 Å². The van der Waals surface area contributed by atoms with Crippen molar-refractivity contribution in [3.63, 3.8) is 0 Å². The van der Waals surface area contributed by atoms with Crippen molar-refractivity contribution in [3.05, 3.63) is 58.7 Å². The van der Waals surface area contributed by atoms with E-state index in [1.807, 2.05) is 13.0 Å². The topological polar surface area (TPSA) is 67.9 Å². The molecular formula is C19H17ClN2O4. The number of hydrogen-bond acceptors (Lipinski definition) is 4. The van der Waals surface area contributed by atoms with E-state index in [9.17, 15) is 9.59 Å². The SMILES string of the molecule is CCOc1cc(/C=C2/NC(=O)N(c3ccccc3)C2=O)c(Cl)cc1OC. The predicted octanol–water partition coefficient (Wildman–Crippen LogP) is 3.84. The van der Waals surface area contributed by atoms with Gasteiger partial charge in [0, 0.05) is 6.07 Å². The summed E-state index contributed by atoms with van der Waals surface area (Å²) >= 11 is 6.28. The number of carbonyl (C=O) groups is 2. The van der Waals surface area contributed by atoms with Crippen LogP contribution in [0.1, 0.15) is 12.5 Å². The fraction of sp³-hybridized carbons (Fsp3) is 0.158. The Kier molecular flexibility index (Phi) is 5.14. The lowest BCUT2D eigenvalue weighted by Gasteiger charge is -2.12. The molecule has 2 aromatic carbocycles. The summed E-state index contributed by atoms with van der Waals surface area (Å²) in [7, 11) is 1.52. The largest absolute Gasteiger partial charge is 0.493 e. The highest BCUT2D eigenvalue weighted by Gasteiger charge is 2.34. The van der Waals surface area contributed by atoms with E-state index in [1.54, 1.807) is 36.4 Å². The molecule has 1 aliphatic heterocycles. The number of nitrogens with zero attached hydrogens (tertiary/aromatic N) is 1. The molecule has 0 unspecified atom stereocenters. The first-order valence-corrected chi connectivity index (χ1v) is 8.35. The molecule has 3 amide bonds. The first-order chi connectivity index (χ1) is 12.5. The lowest BCUT2D eigenvalue weighted by atomic mass is 10.1. The van der Waals surface area contributed by atoms with E-state index in [0.29, 0.717) is 34.4 Å². The second kappa shape index (κ2) is 7.49. The molecule has 1 N–H and O–H groups in total. The molecule has 1 aliphatic rings. The monoisotopic (exact) mass is 372 g/mol. The Morgan fingerprint density at radius 3 is 2.54 bits per heavy atom. The number of amides is 3. The molecule has 3 rings (SSSR count). The number of halogens is 1. The van der Waals surface area contributed by atoms with Crippen LogP contribution in [0.2, 0.25) is 5.02 Å². The molecule has 26 heavy (non-hydrogen) atoms. The second-order valence-electron chi connectivity index (χ2n) is 5.42. The van der Waals surface area contributed by atoms with E-state index in [1.165, 1.54) is 13.2 Å². The number of para-hydroxylation sites is 1. The number of anilines is 1. The van der Waals surface area contributed by atoms with E-state index in [4.69, 9.17) is 21.1 Å². The number of nitrogens with one attached hydrogen (secondary N) is 1. The standard InChI is InChI=1S/C19H17ClN2O4/c1-3-26-17-10-12(14(20)11-16(17)25-2)9-15-18(23)22(19(24)21-15)13-7-5-4-6-8-13/h4-11H,3H2,1-2H3,(H,21,24)/b15-9+. The maximum absolute atomic E-state index is 12.6. The van der Waals surface area contributed by atoms with Crippen LogP contribution in [0.25, 0.3) is 6.08 Å². The van der Waals surface area contributed by atoms with Gasteiger partial charge < -0.3 is 14.8 Å². The molecule has 0 aromatic heterocycles. The molecule has 0 atom stereocenters. The highest BCUT2D eigenvalue weighted by molar-refractivity contribution is 6.33. The van der Waals surface area contributed by atoms with Crippen molar-refractivity contribution < 1.29 is 19.1 Å². The number of hydrogen-bond donors (Lipinski definition) is 1. The summed E-state index contributed by atoms with van der Waals surface area (Å²) in [5.74, 6) is 0.542. The van der Waals surface area contributed by atoms with Gasteiger partial charge in [0.15, 0.2) is 11.5 Å². The minimum Gasteiger partial charge on any atom is -0.493 e. The molecule has 0 spiro atoms. The Morgan fingerprint density at radius 2 is 1.88 bits per heavy atom. The summed E-state index contributed by atoms with van der Waals surface area (Å²) < 4.78 is 10.8. The molecule has 1 saturated heterocycles. The smallest absolute Gasteiger partial charge is 0.333 e. The number of rotatable bonds is 5. The molecule has 134 valence electrons. The van der Waals surface area contributed by atoms with Gasteiger partial charge in [-0.15, -0.1) is 0 Å². The predicted molar refractivity (Wildman–Crippen MR) is 99.6 cm³/mol. The molecular weight excluding hydrogens is 356 g/mol. The molecule has 1 heterocycles. The summed E-state index contributed by atoms with van der Waals surface area (Å²) in [6.45, 7) is 2.30. The molecule has 0 aliphatic carbocycles. The van der Waals surface area contributed by atoms with Crippen LogP contribution in [0.5, 0.6) is 11.5 Å². The first-order valence-electron chi connectivity index (χ1n) is 7.97. The number of imide groups is 1. The van der Waals surface area contributed by atoms with E-state index in [0.717, 1.165) is 4.90 Å². The lowest BCUT2D eigenvalue weighted by molar-refractivity contribution is -0.113. The van der Waals surface area contributed by atoms with Crippen molar-refractivity contribution in [3.8, 4) is 11.5 Å². The molecule has 0 bridgehead atoms. The molecule has 6 nitrogen and oxygen atoms in total. The second-order valence-corrected chi connectivity index (χ2v) is 5.83. The molecule has 7 heteroatoms. The van der Waals surface area contributed by atoms with Gasteiger partial charge in [-0.1, -0.05) is 29.8 Å². The highest BCUT2D eigenvalue weighted by Crippen LogP contribution is 2.35. The molecule has 0 saturated carbocycles. The summed E-state index contributed by atoms with van der Waals surface area (Å²) in [6, 6.07) is 11.5. The lowest BCUT2D eigenvalue weighted by Crippen LogP contribution is -2.30. The number of methoxy groups -OCH3 is 1. The van der Waals surface area contributed by atoms with Crippen molar-refractivity contribution in [1.29, 1.82) is 0 Å². The van der Waals surface area contributed by atoms with Gasteiger partial charge in [0.1, 0.15) is 5.70 Å². The van der Waals surface area contributed by atoms with Crippen molar-refractivity contribution in [1.82, 2.24) is 5.32 Å². The van der Waals surface area contributed by atoms with Crippen LogP contribution in [0.15, 0.2) is 48.2 Å². The maximum Gasteiger partial charge on any atom is 0.333 e. The fourth-order valence-corrected chi connectivity index (χ4v) is 2.80. The van der Waals surface area contributed by atoms with Crippen LogP contribution in [0.4, 0.5) is 10.5 Å². The zero-order valence-corrected chi connectivity index (χ0v) is 15.0. The van der Waals surface area contributed by atoms with Gasteiger partial charge in [-0.3, -0.25) is 4.79 Å². The zero-order valence-electron chi connectivity index (χ0n) is 14.3. The van der Waals surface area contributed by atoms with E-state index >= 15 is 0 Å². The Morgan fingerprint density at radius 1 is 1.15 bits per heavy atom. The normalized spacial score (nSPS) is 15.3. The number of benzene rings is 2. The fourth-order valence-electron chi connectivity index (χ4n) is 2.59. The quantitative estimate of drug-likeness (QED) is 0.639. The van der Waals surface area contributed by atoms with Crippen LogP contribution in [0.3, 0.4) is 0 Å². The summed E-state index contributed by atoms with van der Waals surface area (Å²) in [6.07, 6.45) is 1.52. The van der Waals surface area contributed by atoms with Gasteiger partial charge in [0.25, 0.3) is 5.91 Å². The number of carbonyl (C=O) groups excluding carboxylic acids is 2. The zero-order chi connectivity index (χ0) is 18.7. The third kappa shape index (κ3) is 3.36. The Balaban J connectivity index is 1.97. The Hall–Kier alpha value is -2.99. The van der Waals surface area contributed by atoms with Gasteiger partial charge in [-0.05, 0) is 36.8 Å². The number of urea groups is 1. The van der Waals surface area contributed by atoms with Gasteiger partial charge >= 0.3 is 6.03 Å². The maximum atomic E-state index is 12.6. The van der Waals surface area contributed by atoms with Crippen molar-refractivity contribution in [2.75, 3.05) is 18.6 Å². The van der Waals surface area contributed by atoms with Gasteiger partial charge in [0.2, 0.25) is 0 Å². The van der Waals surface area contributed by atoms with Gasteiger partial charge in [0.05, 0.1) is 24.4 Å².